The van der Waals surface area contributed by atoms with Crippen LogP contribution in [-0.4, -0.2) is 5.91 Å². The zero-order valence-corrected chi connectivity index (χ0v) is 12.9. The third kappa shape index (κ3) is 4.20. The predicted molar refractivity (Wildman–Crippen MR) is 87.2 cm³/mol. The van der Waals surface area contributed by atoms with Gasteiger partial charge < -0.3 is 5.32 Å². The molecule has 0 unspecified atom stereocenters. The SMILES string of the molecule is CC(C)c1ccc(CC(=O)N[C@@H](C#N)c2ccccc2)cc1. The van der Waals surface area contributed by atoms with Crippen LogP contribution in [0.3, 0.4) is 0 Å². The van der Waals surface area contributed by atoms with Crippen LogP contribution in [0.25, 0.3) is 0 Å². The Morgan fingerprint density at radius 1 is 1.05 bits per heavy atom. The van der Waals surface area contributed by atoms with Gasteiger partial charge in [-0.2, -0.15) is 5.26 Å². The summed E-state index contributed by atoms with van der Waals surface area (Å²) in [7, 11) is 0. The Bertz CT molecular complexity index is 654. The highest BCUT2D eigenvalue weighted by atomic mass is 16.1. The Balaban J connectivity index is 1.99. The summed E-state index contributed by atoms with van der Waals surface area (Å²) in [4.78, 5) is 12.1. The van der Waals surface area contributed by atoms with Crippen molar-refractivity contribution in [1.82, 2.24) is 5.32 Å². The molecule has 2 aromatic carbocycles. The minimum Gasteiger partial charge on any atom is -0.336 e. The molecule has 22 heavy (non-hydrogen) atoms. The molecular formula is C19H20N2O. The van der Waals surface area contributed by atoms with Crippen molar-refractivity contribution in [3.8, 4) is 6.07 Å². The van der Waals surface area contributed by atoms with Gasteiger partial charge >= 0.3 is 0 Å². The Morgan fingerprint density at radius 2 is 1.68 bits per heavy atom. The number of nitriles is 1. The molecule has 0 heterocycles. The fourth-order valence-corrected chi connectivity index (χ4v) is 2.25. The quantitative estimate of drug-likeness (QED) is 0.912. The summed E-state index contributed by atoms with van der Waals surface area (Å²) in [5.41, 5.74) is 3.00. The molecule has 2 aromatic rings. The number of carbonyl (C=O) groups is 1. The van der Waals surface area contributed by atoms with Gasteiger partial charge in [0.1, 0.15) is 6.04 Å². The van der Waals surface area contributed by atoms with Crippen LogP contribution in [-0.2, 0) is 11.2 Å². The van der Waals surface area contributed by atoms with Crippen LogP contribution in [0.4, 0.5) is 0 Å². The van der Waals surface area contributed by atoms with Gasteiger partial charge in [-0.15, -0.1) is 0 Å². The molecule has 112 valence electrons. The summed E-state index contributed by atoms with van der Waals surface area (Å²) in [5.74, 6) is 0.330. The topological polar surface area (TPSA) is 52.9 Å². The summed E-state index contributed by atoms with van der Waals surface area (Å²) >= 11 is 0. The number of amides is 1. The van der Waals surface area contributed by atoms with E-state index in [0.717, 1.165) is 11.1 Å². The monoisotopic (exact) mass is 292 g/mol. The summed E-state index contributed by atoms with van der Waals surface area (Å²) in [6, 6.07) is 18.8. The highest BCUT2D eigenvalue weighted by molar-refractivity contribution is 5.79. The summed E-state index contributed by atoms with van der Waals surface area (Å²) in [5, 5.41) is 12.0. The number of benzene rings is 2. The first kappa shape index (κ1) is 15.8. The van der Waals surface area contributed by atoms with Crippen molar-refractivity contribution in [2.45, 2.75) is 32.2 Å². The van der Waals surface area contributed by atoms with Gasteiger partial charge in [-0.25, -0.2) is 0 Å². The van der Waals surface area contributed by atoms with Crippen LogP contribution >= 0.6 is 0 Å². The van der Waals surface area contributed by atoms with Gasteiger partial charge in [-0.1, -0.05) is 68.4 Å². The van der Waals surface area contributed by atoms with E-state index in [1.54, 1.807) is 0 Å². The molecule has 0 aromatic heterocycles. The molecule has 3 nitrogen and oxygen atoms in total. The van der Waals surface area contributed by atoms with E-state index in [4.69, 9.17) is 0 Å². The molecule has 1 N–H and O–H groups in total. The first-order valence-corrected chi connectivity index (χ1v) is 7.43. The number of carbonyl (C=O) groups excluding carboxylic acids is 1. The molecule has 2 rings (SSSR count). The third-order valence-corrected chi connectivity index (χ3v) is 3.58. The molecular weight excluding hydrogens is 272 g/mol. The predicted octanol–water partition coefficient (Wildman–Crippen LogP) is 3.73. The second-order valence-electron chi connectivity index (χ2n) is 5.61. The van der Waals surface area contributed by atoms with Crippen molar-refractivity contribution in [1.29, 1.82) is 5.26 Å². The second kappa shape index (κ2) is 7.42. The molecule has 0 spiro atoms. The smallest absolute Gasteiger partial charge is 0.225 e. The number of hydrogen-bond donors (Lipinski definition) is 1. The average Bonchev–Trinajstić information content (AvgIpc) is 2.54. The summed E-state index contributed by atoms with van der Waals surface area (Å²) < 4.78 is 0. The van der Waals surface area contributed by atoms with Gasteiger partial charge in [0.2, 0.25) is 5.91 Å². The first-order valence-electron chi connectivity index (χ1n) is 7.43. The van der Waals surface area contributed by atoms with E-state index in [1.807, 2.05) is 54.6 Å². The van der Waals surface area contributed by atoms with Crippen molar-refractivity contribution in [3.05, 3.63) is 71.3 Å². The van der Waals surface area contributed by atoms with E-state index in [2.05, 4.69) is 25.2 Å². The Kier molecular flexibility index (Phi) is 5.32. The summed E-state index contributed by atoms with van der Waals surface area (Å²) in [6.07, 6.45) is 0.281. The van der Waals surface area contributed by atoms with Crippen LogP contribution in [0, 0.1) is 11.3 Å². The molecule has 0 saturated carbocycles. The molecule has 0 aliphatic heterocycles. The fraction of sp³-hybridized carbons (Fsp3) is 0.263. The lowest BCUT2D eigenvalue weighted by atomic mass is 10.0. The molecule has 0 aliphatic carbocycles. The van der Waals surface area contributed by atoms with E-state index in [0.29, 0.717) is 5.92 Å². The van der Waals surface area contributed by atoms with Gasteiger partial charge in [0.25, 0.3) is 0 Å². The summed E-state index contributed by atoms with van der Waals surface area (Å²) in [6.45, 7) is 4.28. The van der Waals surface area contributed by atoms with Crippen molar-refractivity contribution in [2.75, 3.05) is 0 Å². The lowest BCUT2D eigenvalue weighted by Crippen LogP contribution is -2.28. The first-order chi connectivity index (χ1) is 10.6. The Hall–Kier alpha value is -2.60. The van der Waals surface area contributed by atoms with Gasteiger partial charge in [0, 0.05) is 0 Å². The Labute approximate surface area is 131 Å². The molecule has 0 bridgehead atoms. The molecule has 0 radical (unpaired) electrons. The maximum Gasteiger partial charge on any atom is 0.225 e. The maximum atomic E-state index is 12.1. The normalized spacial score (nSPS) is 11.7. The van der Waals surface area contributed by atoms with Crippen molar-refractivity contribution in [2.24, 2.45) is 0 Å². The lowest BCUT2D eigenvalue weighted by molar-refractivity contribution is -0.120. The number of hydrogen-bond acceptors (Lipinski definition) is 2. The zero-order chi connectivity index (χ0) is 15.9. The molecule has 0 aliphatic rings. The van der Waals surface area contributed by atoms with Crippen LogP contribution < -0.4 is 5.32 Å². The van der Waals surface area contributed by atoms with Gasteiger partial charge in [0.15, 0.2) is 0 Å². The highest BCUT2D eigenvalue weighted by Crippen LogP contribution is 2.15. The standard InChI is InChI=1S/C19H20N2O/c1-14(2)16-10-8-15(9-11-16)12-19(22)21-18(13-20)17-6-4-3-5-7-17/h3-11,14,18H,12H2,1-2H3,(H,21,22)/t18-/m0/s1. The molecule has 3 heteroatoms. The van der Waals surface area contributed by atoms with Crippen molar-refractivity contribution in [3.63, 3.8) is 0 Å². The minimum absolute atomic E-state index is 0.146. The lowest BCUT2D eigenvalue weighted by Gasteiger charge is -2.12. The Morgan fingerprint density at radius 3 is 2.23 bits per heavy atom. The van der Waals surface area contributed by atoms with Crippen LogP contribution in [0.5, 0.6) is 0 Å². The number of nitrogens with zero attached hydrogens (tertiary/aromatic N) is 1. The number of rotatable bonds is 5. The number of nitrogens with one attached hydrogen (secondary N) is 1. The van der Waals surface area contributed by atoms with Crippen LogP contribution in [0.2, 0.25) is 0 Å². The molecule has 0 fully saturated rings. The fourth-order valence-electron chi connectivity index (χ4n) is 2.25. The van der Waals surface area contributed by atoms with E-state index in [-0.39, 0.29) is 12.3 Å². The van der Waals surface area contributed by atoms with E-state index in [9.17, 15) is 10.1 Å². The molecule has 1 atom stereocenters. The van der Waals surface area contributed by atoms with Gasteiger partial charge in [-0.05, 0) is 22.6 Å². The third-order valence-electron chi connectivity index (χ3n) is 3.58. The largest absolute Gasteiger partial charge is 0.336 e. The van der Waals surface area contributed by atoms with Crippen LogP contribution in [0.15, 0.2) is 54.6 Å². The molecule has 1 amide bonds. The second-order valence-corrected chi connectivity index (χ2v) is 5.61. The maximum absolute atomic E-state index is 12.1. The van der Waals surface area contributed by atoms with E-state index in [1.165, 1.54) is 5.56 Å². The van der Waals surface area contributed by atoms with Crippen molar-refractivity contribution >= 4 is 5.91 Å². The van der Waals surface area contributed by atoms with E-state index < -0.39 is 6.04 Å². The minimum atomic E-state index is -0.608. The van der Waals surface area contributed by atoms with Gasteiger partial charge in [0.05, 0.1) is 12.5 Å². The van der Waals surface area contributed by atoms with Crippen LogP contribution in [0.1, 0.15) is 42.5 Å². The average molecular weight is 292 g/mol. The van der Waals surface area contributed by atoms with Crippen molar-refractivity contribution < 1.29 is 4.79 Å². The highest BCUT2D eigenvalue weighted by Gasteiger charge is 2.13. The van der Waals surface area contributed by atoms with E-state index >= 15 is 0 Å². The zero-order valence-electron chi connectivity index (χ0n) is 12.9. The van der Waals surface area contributed by atoms with Gasteiger partial charge in [-0.3, -0.25) is 4.79 Å². The molecule has 0 saturated heterocycles.